The summed E-state index contributed by atoms with van der Waals surface area (Å²) in [6.07, 6.45) is 2.58. The molecule has 0 fully saturated rings. The van der Waals surface area contributed by atoms with Gasteiger partial charge in [-0.3, -0.25) is 10.5 Å². The molecule has 0 amide bonds. The van der Waals surface area contributed by atoms with Crippen molar-refractivity contribution in [3.63, 3.8) is 0 Å². The second kappa shape index (κ2) is 11.6. The van der Waals surface area contributed by atoms with E-state index in [1.807, 2.05) is 0 Å². The first kappa shape index (κ1) is 12.5. The maximum Gasteiger partial charge on any atom is 0.151 e. The summed E-state index contributed by atoms with van der Waals surface area (Å²) in [7, 11) is 0. The Hall–Kier alpha value is -0.160. The van der Waals surface area contributed by atoms with Crippen LogP contribution in [0.5, 0.6) is 0 Å². The van der Waals surface area contributed by atoms with E-state index in [-0.39, 0.29) is 0 Å². The predicted molar refractivity (Wildman–Crippen MR) is 37.6 cm³/mol. The fourth-order valence-electron chi connectivity index (χ4n) is 0.577. The van der Waals surface area contributed by atoms with Gasteiger partial charge < -0.3 is 10.2 Å². The van der Waals surface area contributed by atoms with Gasteiger partial charge >= 0.3 is 0 Å². The fraction of sp³-hybridized carbons (Fsp3) is 1.00. The molecule has 0 atom stereocenters. The minimum atomic E-state index is -1.10. The number of hydrogen-bond acceptors (Lipinski definition) is 4. The highest BCUT2D eigenvalue weighted by Crippen LogP contribution is 1.99. The fourth-order valence-corrected chi connectivity index (χ4v) is 0.577. The predicted octanol–water partition coefficient (Wildman–Crippen LogP) is 0.895. The van der Waals surface area contributed by atoms with Crippen LogP contribution >= 0.6 is 0 Å². The molecule has 0 aromatic rings. The van der Waals surface area contributed by atoms with Crippen LogP contribution in [0.25, 0.3) is 0 Å². The molecule has 0 bridgehead atoms. The van der Waals surface area contributed by atoms with Gasteiger partial charge in [0, 0.05) is 0 Å². The van der Waals surface area contributed by atoms with E-state index in [2.05, 4.69) is 6.92 Å². The largest absolute Gasteiger partial charge is 0.368 e. The van der Waals surface area contributed by atoms with E-state index >= 15 is 0 Å². The molecule has 0 aliphatic heterocycles. The summed E-state index contributed by atoms with van der Waals surface area (Å²) >= 11 is 0. The second-order valence-electron chi connectivity index (χ2n) is 1.98. The van der Waals surface area contributed by atoms with Crippen LogP contribution < -0.4 is 0 Å². The summed E-state index contributed by atoms with van der Waals surface area (Å²) in [5.74, 6) is 0. The lowest BCUT2D eigenvalue weighted by Crippen LogP contribution is -2.02. The van der Waals surface area contributed by atoms with Crippen molar-refractivity contribution in [2.24, 2.45) is 0 Å². The Kier molecular flexibility index (Phi) is 14.5. The maximum atomic E-state index is 8.33. The monoisotopic (exact) mass is 152 g/mol. The van der Waals surface area contributed by atoms with Crippen LogP contribution in [0.4, 0.5) is 0 Å². The molecule has 4 nitrogen and oxygen atoms in total. The van der Waals surface area contributed by atoms with Crippen molar-refractivity contribution < 1.29 is 20.7 Å². The standard InChI is InChI=1S/C6H14O2.H2O2/c1-2-3-4-5-6(7)8;1-2/h6-8H,2-5H2,1H3;1-2H. The van der Waals surface area contributed by atoms with Crippen LogP contribution in [-0.4, -0.2) is 27.0 Å². The minimum Gasteiger partial charge on any atom is -0.368 e. The molecule has 4 heteroatoms. The maximum absolute atomic E-state index is 8.33. The number of rotatable bonds is 4. The first-order valence-corrected chi connectivity index (χ1v) is 3.33. The molecule has 4 N–H and O–H groups in total. The first-order chi connectivity index (χ1) is 4.77. The number of aliphatic hydroxyl groups is 2. The number of unbranched alkanes of at least 4 members (excludes halogenated alkanes) is 2. The molecular formula is C6H16O4. The van der Waals surface area contributed by atoms with E-state index in [0.717, 1.165) is 19.3 Å². The van der Waals surface area contributed by atoms with Gasteiger partial charge in [0.1, 0.15) is 0 Å². The summed E-state index contributed by atoms with van der Waals surface area (Å²) < 4.78 is 0. The zero-order valence-corrected chi connectivity index (χ0v) is 6.19. The van der Waals surface area contributed by atoms with Crippen LogP contribution in [0.1, 0.15) is 32.6 Å². The minimum absolute atomic E-state index is 0.522. The molecule has 0 rings (SSSR count). The van der Waals surface area contributed by atoms with E-state index < -0.39 is 6.29 Å². The highest BCUT2D eigenvalue weighted by Gasteiger charge is 1.93. The van der Waals surface area contributed by atoms with Gasteiger partial charge in [-0.25, -0.2) is 0 Å². The second-order valence-corrected chi connectivity index (χ2v) is 1.98. The first-order valence-electron chi connectivity index (χ1n) is 3.33. The van der Waals surface area contributed by atoms with Crippen LogP contribution in [0, 0.1) is 0 Å². The van der Waals surface area contributed by atoms with Crippen molar-refractivity contribution >= 4 is 0 Å². The van der Waals surface area contributed by atoms with Crippen LogP contribution in [0.2, 0.25) is 0 Å². The topological polar surface area (TPSA) is 80.9 Å². The molecule has 0 aromatic carbocycles. The molecular weight excluding hydrogens is 136 g/mol. The highest BCUT2D eigenvalue weighted by atomic mass is 17.0. The third-order valence-electron chi connectivity index (χ3n) is 1.07. The lowest BCUT2D eigenvalue weighted by Gasteiger charge is -1.99. The molecule has 64 valence electrons. The Morgan fingerprint density at radius 1 is 1.10 bits per heavy atom. The Morgan fingerprint density at radius 3 is 1.90 bits per heavy atom. The van der Waals surface area contributed by atoms with Gasteiger partial charge in [0.25, 0.3) is 0 Å². The van der Waals surface area contributed by atoms with Crippen molar-refractivity contribution in [3.05, 3.63) is 0 Å². The van der Waals surface area contributed by atoms with Crippen molar-refractivity contribution in [2.75, 3.05) is 0 Å². The van der Waals surface area contributed by atoms with E-state index in [9.17, 15) is 0 Å². The van der Waals surface area contributed by atoms with E-state index in [4.69, 9.17) is 20.7 Å². The average molecular weight is 152 g/mol. The van der Waals surface area contributed by atoms with Gasteiger partial charge in [-0.2, -0.15) is 0 Å². The molecule has 0 unspecified atom stereocenters. The normalized spacial score (nSPS) is 9.00. The molecule has 0 saturated heterocycles. The molecule has 0 aliphatic carbocycles. The number of aliphatic hydroxyl groups excluding tert-OH is 1. The van der Waals surface area contributed by atoms with Gasteiger partial charge in [-0.15, -0.1) is 0 Å². The van der Waals surface area contributed by atoms with E-state index in [1.165, 1.54) is 0 Å². The Bertz CT molecular complexity index is 47.0. The average Bonchev–Trinajstić information content (AvgIpc) is 1.92. The summed E-state index contributed by atoms with van der Waals surface area (Å²) in [6, 6.07) is 0. The Morgan fingerprint density at radius 2 is 1.60 bits per heavy atom. The molecule has 0 saturated carbocycles. The summed E-state index contributed by atoms with van der Waals surface area (Å²) in [5.41, 5.74) is 0. The van der Waals surface area contributed by atoms with Gasteiger partial charge in [0.15, 0.2) is 6.29 Å². The number of hydrogen-bond donors (Lipinski definition) is 4. The van der Waals surface area contributed by atoms with Gasteiger partial charge in [0.05, 0.1) is 0 Å². The molecule has 0 radical (unpaired) electrons. The summed E-state index contributed by atoms with van der Waals surface area (Å²) in [4.78, 5) is 0. The molecule has 0 spiro atoms. The Labute approximate surface area is 60.7 Å². The van der Waals surface area contributed by atoms with E-state index in [0.29, 0.717) is 6.42 Å². The lowest BCUT2D eigenvalue weighted by atomic mass is 10.2. The third-order valence-corrected chi connectivity index (χ3v) is 1.07. The van der Waals surface area contributed by atoms with Gasteiger partial charge in [-0.1, -0.05) is 19.8 Å². The summed E-state index contributed by atoms with van der Waals surface area (Å²) in [6.45, 7) is 2.09. The third kappa shape index (κ3) is 15.7. The van der Waals surface area contributed by atoms with Gasteiger partial charge in [-0.05, 0) is 12.8 Å². The quantitative estimate of drug-likeness (QED) is 0.209. The van der Waals surface area contributed by atoms with E-state index in [1.54, 1.807) is 0 Å². The van der Waals surface area contributed by atoms with Crippen molar-refractivity contribution in [1.82, 2.24) is 0 Å². The van der Waals surface area contributed by atoms with Crippen LogP contribution in [0.15, 0.2) is 0 Å². The smallest absolute Gasteiger partial charge is 0.151 e. The highest BCUT2D eigenvalue weighted by molar-refractivity contribution is 4.40. The summed E-state index contributed by atoms with van der Waals surface area (Å²) in [5, 5.41) is 28.7. The molecule has 10 heavy (non-hydrogen) atoms. The van der Waals surface area contributed by atoms with Crippen molar-refractivity contribution in [3.8, 4) is 0 Å². The lowest BCUT2D eigenvalue weighted by molar-refractivity contribution is -0.176. The van der Waals surface area contributed by atoms with Crippen molar-refractivity contribution in [1.29, 1.82) is 0 Å². The SMILES string of the molecule is CCCCCC(O)O.OO. The van der Waals surface area contributed by atoms with Crippen molar-refractivity contribution in [2.45, 2.75) is 38.9 Å². The zero-order valence-electron chi connectivity index (χ0n) is 6.19. The van der Waals surface area contributed by atoms with Gasteiger partial charge in [0.2, 0.25) is 0 Å². The zero-order chi connectivity index (χ0) is 8.41. The Balaban J connectivity index is 0. The molecule has 0 aliphatic rings. The van der Waals surface area contributed by atoms with Crippen LogP contribution in [-0.2, 0) is 0 Å². The van der Waals surface area contributed by atoms with Crippen LogP contribution in [0.3, 0.4) is 0 Å². The molecule has 0 heterocycles. The molecule has 0 aromatic heterocycles.